The van der Waals surface area contributed by atoms with Crippen LogP contribution in [0.2, 0.25) is 0 Å². The Morgan fingerprint density at radius 2 is 1.79 bits per heavy atom. The minimum absolute atomic E-state index is 0.800. The van der Waals surface area contributed by atoms with Gasteiger partial charge in [0.2, 0.25) is 0 Å². The number of rotatable bonds is 4. The minimum atomic E-state index is 0.800. The molecule has 0 aliphatic carbocycles. The fourth-order valence-corrected chi connectivity index (χ4v) is 1.47. The molecule has 0 amide bonds. The van der Waals surface area contributed by atoms with Gasteiger partial charge in [-0.05, 0) is 25.6 Å². The molecule has 0 saturated carbocycles. The summed E-state index contributed by atoms with van der Waals surface area (Å²) in [6.45, 7) is 2.82. The monoisotopic (exact) mass is 195 g/mol. The van der Waals surface area contributed by atoms with Crippen LogP contribution in [0.1, 0.15) is 11.1 Å². The molecule has 3 nitrogen and oxygen atoms in total. The summed E-state index contributed by atoms with van der Waals surface area (Å²) in [6, 6.07) is 4.00. The van der Waals surface area contributed by atoms with Crippen LogP contribution in [0.4, 0.5) is 0 Å². The Kier molecular flexibility index (Phi) is 3.77. The van der Waals surface area contributed by atoms with Crippen LogP contribution in [0.25, 0.3) is 0 Å². The summed E-state index contributed by atoms with van der Waals surface area (Å²) in [7, 11) is 5.25. The summed E-state index contributed by atoms with van der Waals surface area (Å²) in [5, 5.41) is 3.10. The van der Waals surface area contributed by atoms with E-state index in [1.54, 1.807) is 14.2 Å². The average Bonchev–Trinajstić information content (AvgIpc) is 2.19. The molecule has 78 valence electrons. The van der Waals surface area contributed by atoms with E-state index in [1.165, 1.54) is 0 Å². The second kappa shape index (κ2) is 4.86. The average molecular weight is 195 g/mol. The lowest BCUT2D eigenvalue weighted by Gasteiger charge is -2.12. The molecule has 0 heterocycles. The third-order valence-corrected chi connectivity index (χ3v) is 2.17. The van der Waals surface area contributed by atoms with Gasteiger partial charge in [-0.15, -0.1) is 0 Å². The van der Waals surface area contributed by atoms with Crippen molar-refractivity contribution >= 4 is 0 Å². The summed E-state index contributed by atoms with van der Waals surface area (Å²) < 4.78 is 10.5. The largest absolute Gasteiger partial charge is 0.496 e. The zero-order valence-corrected chi connectivity index (χ0v) is 9.18. The second-order valence-corrected chi connectivity index (χ2v) is 3.16. The fraction of sp³-hybridized carbons (Fsp3) is 0.455. The summed E-state index contributed by atoms with van der Waals surface area (Å²) in [6.07, 6.45) is 0. The molecule has 0 fully saturated rings. The molecule has 0 spiro atoms. The van der Waals surface area contributed by atoms with Gasteiger partial charge in [-0.3, -0.25) is 0 Å². The van der Waals surface area contributed by atoms with Crippen LogP contribution >= 0.6 is 0 Å². The van der Waals surface area contributed by atoms with Crippen LogP contribution in [0, 0.1) is 6.92 Å². The third-order valence-electron chi connectivity index (χ3n) is 2.17. The highest BCUT2D eigenvalue weighted by molar-refractivity contribution is 5.46. The molecule has 1 aromatic carbocycles. The summed E-state index contributed by atoms with van der Waals surface area (Å²) in [4.78, 5) is 0. The first kappa shape index (κ1) is 10.9. The van der Waals surface area contributed by atoms with Gasteiger partial charge in [-0.25, -0.2) is 0 Å². The van der Waals surface area contributed by atoms with Gasteiger partial charge in [0, 0.05) is 18.2 Å². The van der Waals surface area contributed by atoms with E-state index in [4.69, 9.17) is 9.47 Å². The van der Waals surface area contributed by atoms with Crippen molar-refractivity contribution in [3.63, 3.8) is 0 Å². The molecule has 0 aliphatic heterocycles. The Morgan fingerprint density at radius 3 is 2.29 bits per heavy atom. The minimum Gasteiger partial charge on any atom is -0.496 e. The first-order valence-electron chi connectivity index (χ1n) is 4.59. The number of aryl methyl sites for hydroxylation is 1. The van der Waals surface area contributed by atoms with Crippen molar-refractivity contribution in [1.82, 2.24) is 5.32 Å². The molecular weight excluding hydrogens is 178 g/mol. The fourth-order valence-electron chi connectivity index (χ4n) is 1.47. The zero-order chi connectivity index (χ0) is 10.6. The van der Waals surface area contributed by atoms with Crippen LogP contribution in [-0.2, 0) is 6.54 Å². The highest BCUT2D eigenvalue weighted by Gasteiger charge is 2.07. The Balaban J connectivity index is 3.10. The standard InChI is InChI=1S/C11H17NO2/c1-8-5-9(7-12-2)11(14-4)6-10(8)13-3/h5-6,12H,7H2,1-4H3. The molecule has 0 radical (unpaired) electrons. The van der Waals surface area contributed by atoms with Crippen LogP contribution < -0.4 is 14.8 Å². The third kappa shape index (κ3) is 2.17. The van der Waals surface area contributed by atoms with E-state index in [0.29, 0.717) is 0 Å². The molecule has 0 bridgehead atoms. The van der Waals surface area contributed by atoms with Crippen LogP contribution in [-0.4, -0.2) is 21.3 Å². The van der Waals surface area contributed by atoms with Gasteiger partial charge < -0.3 is 14.8 Å². The molecule has 0 atom stereocenters. The van der Waals surface area contributed by atoms with Gasteiger partial charge in [-0.2, -0.15) is 0 Å². The van der Waals surface area contributed by atoms with Crippen LogP contribution in [0.3, 0.4) is 0 Å². The first-order chi connectivity index (χ1) is 6.72. The van der Waals surface area contributed by atoms with E-state index >= 15 is 0 Å². The van der Waals surface area contributed by atoms with Crippen molar-refractivity contribution in [2.75, 3.05) is 21.3 Å². The molecule has 1 N–H and O–H groups in total. The van der Waals surface area contributed by atoms with Gasteiger partial charge in [0.1, 0.15) is 11.5 Å². The predicted molar refractivity (Wildman–Crippen MR) is 57.0 cm³/mol. The lowest BCUT2D eigenvalue weighted by atomic mass is 10.1. The molecule has 1 rings (SSSR count). The quantitative estimate of drug-likeness (QED) is 0.793. The van der Waals surface area contributed by atoms with Gasteiger partial charge in [-0.1, -0.05) is 0 Å². The number of nitrogens with one attached hydrogen (secondary N) is 1. The van der Waals surface area contributed by atoms with Gasteiger partial charge in [0.15, 0.2) is 0 Å². The highest BCUT2D eigenvalue weighted by Crippen LogP contribution is 2.28. The second-order valence-electron chi connectivity index (χ2n) is 3.16. The Bertz CT molecular complexity index is 310. The van der Waals surface area contributed by atoms with Gasteiger partial charge in [0.25, 0.3) is 0 Å². The smallest absolute Gasteiger partial charge is 0.127 e. The number of hydrogen-bond acceptors (Lipinski definition) is 3. The van der Waals surface area contributed by atoms with Crippen molar-refractivity contribution < 1.29 is 9.47 Å². The Labute approximate surface area is 85.0 Å². The van der Waals surface area contributed by atoms with Crippen molar-refractivity contribution in [2.24, 2.45) is 0 Å². The van der Waals surface area contributed by atoms with E-state index in [9.17, 15) is 0 Å². The zero-order valence-electron chi connectivity index (χ0n) is 9.18. The SMILES string of the molecule is CNCc1cc(C)c(OC)cc1OC. The highest BCUT2D eigenvalue weighted by atomic mass is 16.5. The maximum atomic E-state index is 5.28. The molecule has 0 saturated heterocycles. The van der Waals surface area contributed by atoms with E-state index in [1.807, 2.05) is 20.0 Å². The summed E-state index contributed by atoms with van der Waals surface area (Å²) in [5.41, 5.74) is 2.27. The number of hydrogen-bond donors (Lipinski definition) is 1. The Morgan fingerprint density at radius 1 is 1.14 bits per heavy atom. The first-order valence-corrected chi connectivity index (χ1v) is 4.59. The molecule has 1 aromatic rings. The maximum Gasteiger partial charge on any atom is 0.127 e. The van der Waals surface area contributed by atoms with Crippen LogP contribution in [0.5, 0.6) is 11.5 Å². The van der Waals surface area contributed by atoms with E-state index in [0.717, 1.165) is 29.2 Å². The molecule has 0 aliphatic rings. The topological polar surface area (TPSA) is 30.5 Å². The molecule has 14 heavy (non-hydrogen) atoms. The lowest BCUT2D eigenvalue weighted by Crippen LogP contribution is -2.07. The molecule has 3 heteroatoms. The van der Waals surface area contributed by atoms with E-state index < -0.39 is 0 Å². The lowest BCUT2D eigenvalue weighted by molar-refractivity contribution is 0.388. The molecule has 0 aromatic heterocycles. The van der Waals surface area contributed by atoms with E-state index in [2.05, 4.69) is 11.4 Å². The number of methoxy groups -OCH3 is 2. The summed E-state index contributed by atoms with van der Waals surface area (Å²) in [5.74, 6) is 1.73. The van der Waals surface area contributed by atoms with Crippen LogP contribution in [0.15, 0.2) is 12.1 Å². The van der Waals surface area contributed by atoms with Crippen molar-refractivity contribution in [3.8, 4) is 11.5 Å². The number of ether oxygens (including phenoxy) is 2. The van der Waals surface area contributed by atoms with Crippen molar-refractivity contribution in [1.29, 1.82) is 0 Å². The Hall–Kier alpha value is -1.22. The van der Waals surface area contributed by atoms with E-state index in [-0.39, 0.29) is 0 Å². The predicted octanol–water partition coefficient (Wildman–Crippen LogP) is 1.73. The van der Waals surface area contributed by atoms with Crippen molar-refractivity contribution in [3.05, 3.63) is 23.3 Å². The summed E-state index contributed by atoms with van der Waals surface area (Å²) >= 11 is 0. The van der Waals surface area contributed by atoms with Crippen molar-refractivity contribution in [2.45, 2.75) is 13.5 Å². The molecular formula is C11H17NO2. The number of benzene rings is 1. The van der Waals surface area contributed by atoms with Gasteiger partial charge >= 0.3 is 0 Å². The molecule has 0 unspecified atom stereocenters. The maximum absolute atomic E-state index is 5.28. The normalized spacial score (nSPS) is 10.0. The van der Waals surface area contributed by atoms with Gasteiger partial charge in [0.05, 0.1) is 14.2 Å².